The molecule has 2 fully saturated rings. The first-order valence-corrected chi connectivity index (χ1v) is 8.88. The van der Waals surface area contributed by atoms with E-state index in [1.807, 2.05) is 12.1 Å². The topological polar surface area (TPSA) is 107 Å². The van der Waals surface area contributed by atoms with E-state index in [2.05, 4.69) is 26.1 Å². The summed E-state index contributed by atoms with van der Waals surface area (Å²) in [6.45, 7) is 3.41. The number of amides is 1. The molecule has 2 saturated heterocycles. The Labute approximate surface area is 151 Å². The third kappa shape index (κ3) is 5.43. The van der Waals surface area contributed by atoms with Crippen molar-refractivity contribution in [3.05, 3.63) is 32.9 Å². The van der Waals surface area contributed by atoms with Crippen LogP contribution in [0.2, 0.25) is 0 Å². The molecule has 130 valence electrons. The van der Waals surface area contributed by atoms with E-state index < -0.39 is 11.9 Å². The lowest BCUT2D eigenvalue weighted by molar-refractivity contribution is -0.134. The Morgan fingerprint density at radius 3 is 2.29 bits per heavy atom. The summed E-state index contributed by atoms with van der Waals surface area (Å²) >= 11 is 4.87. The number of carbonyl (C=O) groups is 3. The fourth-order valence-electron chi connectivity index (χ4n) is 2.77. The van der Waals surface area contributed by atoms with Crippen LogP contribution >= 0.6 is 27.3 Å². The second-order valence-corrected chi connectivity index (χ2v) is 7.96. The van der Waals surface area contributed by atoms with E-state index in [-0.39, 0.29) is 5.91 Å². The van der Waals surface area contributed by atoms with Crippen molar-refractivity contribution >= 4 is 45.1 Å². The van der Waals surface area contributed by atoms with Crippen molar-refractivity contribution in [3.63, 3.8) is 0 Å². The Hall–Kier alpha value is -1.71. The van der Waals surface area contributed by atoms with Gasteiger partial charge in [-0.1, -0.05) is 0 Å². The summed E-state index contributed by atoms with van der Waals surface area (Å²) in [6, 6.07) is 4.16. The Kier molecular flexibility index (Phi) is 6.52. The molecule has 2 aliphatic rings. The van der Waals surface area contributed by atoms with Gasteiger partial charge in [0.05, 0.1) is 8.66 Å². The average Bonchev–Trinajstić information content (AvgIpc) is 3.22. The number of nitrogens with one attached hydrogen (secondary N) is 1. The number of rotatable bonds is 4. The van der Waals surface area contributed by atoms with Gasteiger partial charge in [0.25, 0.3) is 5.91 Å². The SMILES string of the molecule is O=C(N[C@@H]1CN2CC[C@H]1C2)c1ccc(Br)s1.O=C(O)/C=C/C(=O)O. The third-order valence-corrected chi connectivity index (χ3v) is 5.44. The molecule has 24 heavy (non-hydrogen) atoms. The van der Waals surface area contributed by atoms with Crippen LogP contribution in [0.25, 0.3) is 0 Å². The Morgan fingerprint density at radius 1 is 1.21 bits per heavy atom. The van der Waals surface area contributed by atoms with E-state index >= 15 is 0 Å². The van der Waals surface area contributed by atoms with Crippen LogP contribution in [-0.2, 0) is 9.59 Å². The van der Waals surface area contributed by atoms with Crippen LogP contribution in [0.1, 0.15) is 16.1 Å². The van der Waals surface area contributed by atoms with Crippen LogP contribution < -0.4 is 5.32 Å². The fraction of sp³-hybridized carbons (Fsp3) is 0.400. The number of hydrogen-bond donors (Lipinski definition) is 3. The summed E-state index contributed by atoms with van der Waals surface area (Å²) in [5.74, 6) is -1.76. The zero-order chi connectivity index (χ0) is 17.7. The Morgan fingerprint density at radius 2 is 1.88 bits per heavy atom. The zero-order valence-electron chi connectivity index (χ0n) is 12.6. The lowest BCUT2D eigenvalue weighted by Gasteiger charge is -2.22. The number of fused-ring (bicyclic) bond motifs is 2. The van der Waals surface area contributed by atoms with Gasteiger partial charge in [-0.25, -0.2) is 9.59 Å². The largest absolute Gasteiger partial charge is 0.478 e. The van der Waals surface area contributed by atoms with Crippen LogP contribution in [0, 0.1) is 5.92 Å². The molecule has 7 nitrogen and oxygen atoms in total. The molecule has 0 aliphatic carbocycles. The van der Waals surface area contributed by atoms with Gasteiger partial charge < -0.3 is 20.4 Å². The van der Waals surface area contributed by atoms with Crippen molar-refractivity contribution in [1.29, 1.82) is 0 Å². The predicted octanol–water partition coefficient (Wildman–Crippen LogP) is 1.66. The minimum Gasteiger partial charge on any atom is -0.478 e. The maximum atomic E-state index is 12.0. The van der Waals surface area contributed by atoms with Crippen molar-refractivity contribution in [2.45, 2.75) is 12.5 Å². The molecular weight excluding hydrogens is 400 g/mol. The molecule has 1 aromatic rings. The van der Waals surface area contributed by atoms with Crippen molar-refractivity contribution in [2.24, 2.45) is 5.92 Å². The fourth-order valence-corrected chi connectivity index (χ4v) is 4.06. The minimum atomic E-state index is -1.26. The van der Waals surface area contributed by atoms with E-state index in [1.165, 1.54) is 30.8 Å². The molecule has 2 bridgehead atoms. The van der Waals surface area contributed by atoms with Gasteiger partial charge in [0.15, 0.2) is 0 Å². The van der Waals surface area contributed by atoms with Crippen molar-refractivity contribution in [1.82, 2.24) is 10.2 Å². The lowest BCUT2D eigenvalue weighted by Crippen LogP contribution is -2.42. The van der Waals surface area contributed by atoms with Gasteiger partial charge in [-0.05, 0) is 46.9 Å². The summed E-state index contributed by atoms with van der Waals surface area (Å²) in [4.78, 5) is 34.3. The van der Waals surface area contributed by atoms with Crippen LogP contribution in [0.4, 0.5) is 0 Å². The van der Waals surface area contributed by atoms with Gasteiger partial charge in [0.2, 0.25) is 0 Å². The molecule has 0 spiro atoms. The predicted molar refractivity (Wildman–Crippen MR) is 92.2 cm³/mol. The van der Waals surface area contributed by atoms with Crippen molar-refractivity contribution in [2.75, 3.05) is 19.6 Å². The number of thiophene rings is 1. The number of carbonyl (C=O) groups excluding carboxylic acids is 1. The Bertz CT molecular complexity index is 644. The molecule has 3 rings (SSSR count). The van der Waals surface area contributed by atoms with Crippen molar-refractivity contribution < 1.29 is 24.6 Å². The third-order valence-electron chi connectivity index (χ3n) is 3.81. The summed E-state index contributed by atoms with van der Waals surface area (Å²) < 4.78 is 1.01. The van der Waals surface area contributed by atoms with Gasteiger partial charge in [0, 0.05) is 31.3 Å². The van der Waals surface area contributed by atoms with Crippen LogP contribution in [-0.4, -0.2) is 58.6 Å². The van der Waals surface area contributed by atoms with E-state index in [1.54, 1.807) is 0 Å². The zero-order valence-corrected chi connectivity index (χ0v) is 15.0. The number of aliphatic carboxylic acids is 2. The molecule has 3 atom stereocenters. The summed E-state index contributed by atoms with van der Waals surface area (Å²) in [5.41, 5.74) is 0. The molecule has 2 aliphatic heterocycles. The van der Waals surface area contributed by atoms with Gasteiger partial charge in [-0.3, -0.25) is 4.79 Å². The first-order chi connectivity index (χ1) is 11.3. The molecule has 0 aromatic carbocycles. The lowest BCUT2D eigenvalue weighted by atomic mass is 10.00. The first-order valence-electron chi connectivity index (χ1n) is 7.27. The molecule has 1 aromatic heterocycles. The quantitative estimate of drug-likeness (QED) is 0.644. The second-order valence-electron chi connectivity index (χ2n) is 5.50. The molecule has 0 radical (unpaired) electrons. The number of hydrogen-bond acceptors (Lipinski definition) is 5. The molecule has 3 heterocycles. The van der Waals surface area contributed by atoms with E-state index in [4.69, 9.17) is 10.2 Å². The number of carboxylic acid groups (broad SMARTS) is 2. The second kappa shape index (κ2) is 8.41. The van der Waals surface area contributed by atoms with Crippen LogP contribution in [0.5, 0.6) is 0 Å². The molecule has 1 amide bonds. The van der Waals surface area contributed by atoms with Gasteiger partial charge in [0.1, 0.15) is 0 Å². The maximum Gasteiger partial charge on any atom is 0.328 e. The molecule has 3 N–H and O–H groups in total. The molecule has 1 unspecified atom stereocenters. The van der Waals surface area contributed by atoms with Crippen LogP contribution in [0.3, 0.4) is 0 Å². The normalized spacial score (nSPS) is 24.5. The van der Waals surface area contributed by atoms with Gasteiger partial charge >= 0.3 is 11.9 Å². The van der Waals surface area contributed by atoms with Gasteiger partial charge in [-0.2, -0.15) is 0 Å². The van der Waals surface area contributed by atoms with E-state index in [0.29, 0.717) is 24.1 Å². The monoisotopic (exact) mass is 416 g/mol. The summed E-state index contributed by atoms with van der Waals surface area (Å²) in [5, 5.41) is 18.8. The number of carboxylic acids is 2. The standard InChI is InChI=1S/C11H13BrN2OS.C4H4O4/c12-10-2-1-9(16-10)11(15)13-8-6-14-4-3-7(8)5-14;5-3(6)1-2-4(7)8/h1-2,7-8H,3-6H2,(H,13,15);1-2H,(H,5,6)(H,7,8)/b;2-1+/t7-,8+;/m0./s1. The molecular formula is C15H17BrN2O5S. The highest BCUT2D eigenvalue weighted by Gasteiger charge is 2.38. The number of piperidine rings is 1. The highest BCUT2D eigenvalue weighted by molar-refractivity contribution is 9.11. The summed E-state index contributed by atoms with van der Waals surface area (Å²) in [6.07, 6.45) is 2.35. The highest BCUT2D eigenvalue weighted by Crippen LogP contribution is 2.28. The minimum absolute atomic E-state index is 0.0782. The smallest absolute Gasteiger partial charge is 0.328 e. The number of halogens is 1. The highest BCUT2D eigenvalue weighted by atomic mass is 79.9. The van der Waals surface area contributed by atoms with E-state index in [0.717, 1.165) is 15.2 Å². The number of nitrogens with zero attached hydrogens (tertiary/aromatic N) is 1. The Balaban J connectivity index is 0.000000224. The van der Waals surface area contributed by atoms with Gasteiger partial charge in [-0.15, -0.1) is 11.3 Å². The van der Waals surface area contributed by atoms with Crippen molar-refractivity contribution in [3.8, 4) is 0 Å². The molecule has 9 heteroatoms. The van der Waals surface area contributed by atoms with Crippen LogP contribution in [0.15, 0.2) is 28.1 Å². The summed E-state index contributed by atoms with van der Waals surface area (Å²) in [7, 11) is 0. The molecule has 0 saturated carbocycles. The first kappa shape index (κ1) is 18.6. The average molecular weight is 417 g/mol. The van der Waals surface area contributed by atoms with E-state index in [9.17, 15) is 14.4 Å². The maximum absolute atomic E-state index is 12.0.